The number of nitrogens with two attached hydrogens (primary N) is 1. The number of esters is 1. The Morgan fingerprint density at radius 3 is 2.08 bits per heavy atom. The molecule has 17 N–H and O–H groups in total. The molecule has 0 fully saturated rings. The third-order valence-electron chi connectivity index (χ3n) is 19.4. The molecule has 10 amide bonds. The highest BCUT2D eigenvalue weighted by Crippen LogP contribution is 2.48. The predicted molar refractivity (Wildman–Crippen MR) is 421 cm³/mol. The number of nitrogens with zero attached hydrogens (tertiary/aromatic N) is 7. The molecule has 3 aliphatic heterocycles. The number of cyclic esters (lactones) is 1. The normalized spacial score (nSPS) is 26.2. The molecule has 41 heteroatoms. The van der Waals surface area contributed by atoms with Gasteiger partial charge in [-0.05, 0) is 91.0 Å². The van der Waals surface area contributed by atoms with E-state index in [0.717, 1.165) is 56.7 Å². The van der Waals surface area contributed by atoms with Crippen molar-refractivity contribution in [1.82, 2.24) is 83.1 Å². The lowest BCUT2D eigenvalue weighted by Gasteiger charge is -2.41. The van der Waals surface area contributed by atoms with E-state index in [2.05, 4.69) is 79.7 Å². The summed E-state index contributed by atoms with van der Waals surface area (Å²) in [7, 11) is 0. The fourth-order valence-corrected chi connectivity index (χ4v) is 17.8. The van der Waals surface area contributed by atoms with Crippen molar-refractivity contribution in [3.05, 3.63) is 133 Å². The molecule has 0 spiro atoms. The minimum absolute atomic E-state index is 0.0253. The number of fused-ring (bicyclic) bond motifs is 8. The van der Waals surface area contributed by atoms with E-state index in [1.54, 1.807) is 26.0 Å². The Labute approximate surface area is 672 Å². The van der Waals surface area contributed by atoms with Crippen LogP contribution >= 0.6 is 68.4 Å². The molecule has 1 unspecified atom stereocenters. The summed E-state index contributed by atoms with van der Waals surface area (Å²) in [5.41, 5.74) is -0.130. The molecule has 0 saturated carbocycles. The van der Waals surface area contributed by atoms with Gasteiger partial charge in [0.1, 0.15) is 119 Å². The van der Waals surface area contributed by atoms with E-state index < -0.39 is 178 Å². The number of pyridine rings is 1. The zero-order valence-electron chi connectivity index (χ0n) is 63.3. The SMILES string of the molecule is C=C1NC(=O)[C@H](C)NC(=O)[C@H]([C@@H](C)CC)N[C@@H]2C=Cc3c([C@H](C)O)cc(nc3[C@H]2O)C(=O)O[C@H](C)[C@@H]2NC(=O)c3csc(n3)[C@H]([C@](C)(O)[C@@H](C)O)NC(=O)c3csc(n3)/C(=C/C)NC(=O)[C@H]([C@@H](C)O)NC(=O)c3csc(n3)[C@]3(CCC(c4nc(C(=O)NC(CSC(C)C)C(N)=O)cs4)=N[C@@H]3c3csc2n3)NC(=O)[C@H](C)NC1=O. The highest BCUT2D eigenvalue weighted by Gasteiger charge is 2.51. The number of carbonyl (C=O) groups is 11. The van der Waals surface area contributed by atoms with Gasteiger partial charge in [-0.2, -0.15) is 11.8 Å². The number of amides is 10. The summed E-state index contributed by atoms with van der Waals surface area (Å²) in [5, 5.41) is 92.2. The second-order valence-electron chi connectivity index (χ2n) is 28.1. The zero-order valence-corrected chi connectivity index (χ0v) is 68.2. The van der Waals surface area contributed by atoms with E-state index in [-0.39, 0.29) is 106 Å². The number of aromatic nitrogens is 6. The number of allylic oxidation sites excluding steroid dienone is 1. The van der Waals surface area contributed by atoms with Gasteiger partial charge in [0.2, 0.25) is 29.5 Å². The van der Waals surface area contributed by atoms with E-state index in [0.29, 0.717) is 6.42 Å². The summed E-state index contributed by atoms with van der Waals surface area (Å²) in [5.74, 6) is -10.5. The summed E-state index contributed by atoms with van der Waals surface area (Å²) >= 11 is 5.80. The largest absolute Gasteiger partial charge is 0.455 e. The molecule has 17 atom stereocenters. The van der Waals surface area contributed by atoms with Crippen molar-refractivity contribution < 1.29 is 83.0 Å². The monoisotopic (exact) mass is 1670 g/mol. The molecule has 13 bridgehead atoms. The third kappa shape index (κ3) is 19.1. The van der Waals surface area contributed by atoms with Crippen molar-refractivity contribution in [2.75, 3.05) is 5.75 Å². The lowest BCUT2D eigenvalue weighted by Crippen LogP contribution is -2.57. The Hall–Kier alpha value is -9.53. The molecule has 1 aliphatic carbocycles. The van der Waals surface area contributed by atoms with Crippen LogP contribution in [-0.2, 0) is 39.0 Å². The van der Waals surface area contributed by atoms with E-state index in [9.17, 15) is 63.9 Å². The Morgan fingerprint density at radius 1 is 0.752 bits per heavy atom. The van der Waals surface area contributed by atoms with Crippen molar-refractivity contribution in [2.24, 2.45) is 16.6 Å². The first-order chi connectivity index (χ1) is 53.3. The van der Waals surface area contributed by atoms with Crippen molar-refractivity contribution in [3.8, 4) is 0 Å². The number of nitrogens with one attached hydrogen (secondary N) is 10. The first kappa shape index (κ1) is 85.9. The number of rotatable bonds is 13. The summed E-state index contributed by atoms with van der Waals surface area (Å²) in [4.78, 5) is 192. The average molecular weight is 1670 g/mol. The number of ether oxygens (including phenoxy) is 1. The maximum Gasteiger partial charge on any atom is 0.357 e. The lowest BCUT2D eigenvalue weighted by molar-refractivity contribution is -0.131. The minimum Gasteiger partial charge on any atom is -0.455 e. The van der Waals surface area contributed by atoms with Crippen molar-refractivity contribution in [2.45, 2.75) is 204 Å². The molecular weight excluding hydrogens is 1580 g/mol. The van der Waals surface area contributed by atoms with Crippen LogP contribution in [0.15, 0.2) is 62.4 Å². The maximum absolute atomic E-state index is 15.4. The van der Waals surface area contributed by atoms with Gasteiger partial charge in [-0.25, -0.2) is 34.7 Å². The van der Waals surface area contributed by atoms with Gasteiger partial charge in [0.15, 0.2) is 0 Å². The third-order valence-corrected chi connectivity index (χ3v) is 25.2. The molecule has 35 nitrogen and oxygen atoms in total. The summed E-state index contributed by atoms with van der Waals surface area (Å²) < 4.78 is 6.28. The molecular formula is C72H88N18O17S6. The van der Waals surface area contributed by atoms with Crippen LogP contribution in [-0.4, -0.2) is 197 Å². The molecule has 6 aromatic rings. The molecule has 6 aromatic heterocycles. The predicted octanol–water partition coefficient (Wildman–Crippen LogP) is 2.85. The van der Waals surface area contributed by atoms with Crippen molar-refractivity contribution in [1.29, 1.82) is 0 Å². The fourth-order valence-electron chi connectivity index (χ4n) is 12.3. The number of aliphatic hydroxyl groups is 5. The number of carbonyl (C=O) groups excluding carboxylic acids is 11. The number of aliphatic imine (C=N–C) groups is 1. The van der Waals surface area contributed by atoms with E-state index in [1.165, 1.54) is 99.3 Å². The summed E-state index contributed by atoms with van der Waals surface area (Å²) in [6, 6.07) is -11.3. The lowest BCUT2D eigenvalue weighted by atomic mass is 9.80. The molecule has 10 rings (SSSR count). The molecule has 4 aliphatic rings. The molecule has 0 aromatic carbocycles. The van der Waals surface area contributed by atoms with Gasteiger partial charge in [0.25, 0.3) is 29.5 Å². The Bertz CT molecular complexity index is 4790. The highest BCUT2D eigenvalue weighted by molar-refractivity contribution is 7.99. The highest BCUT2D eigenvalue weighted by atomic mass is 32.2. The van der Waals surface area contributed by atoms with Crippen LogP contribution in [0.2, 0.25) is 0 Å². The van der Waals surface area contributed by atoms with Gasteiger partial charge in [0.05, 0.1) is 58.9 Å². The summed E-state index contributed by atoms with van der Waals surface area (Å²) in [6.07, 6.45) is -3.02. The van der Waals surface area contributed by atoms with Gasteiger partial charge in [-0.1, -0.05) is 58.9 Å². The van der Waals surface area contributed by atoms with Crippen molar-refractivity contribution >= 4 is 151 Å². The van der Waals surface area contributed by atoms with Crippen LogP contribution in [0.1, 0.15) is 233 Å². The second kappa shape index (κ2) is 35.9. The number of hydrogen-bond acceptors (Lipinski definition) is 31. The minimum atomic E-state index is -2.22. The molecule has 9 heterocycles. The van der Waals surface area contributed by atoms with Gasteiger partial charge in [0, 0.05) is 38.2 Å². The fraction of sp³-hybridized carbons (Fsp3) is 0.472. The molecule has 113 heavy (non-hydrogen) atoms. The van der Waals surface area contributed by atoms with Gasteiger partial charge >= 0.3 is 5.97 Å². The Kier molecular flexibility index (Phi) is 27.3. The van der Waals surface area contributed by atoms with Crippen LogP contribution in [0.25, 0.3) is 11.8 Å². The van der Waals surface area contributed by atoms with Crippen LogP contribution in [0, 0.1) is 5.92 Å². The number of thioether (sulfide) groups is 1. The molecule has 0 saturated heterocycles. The smallest absolute Gasteiger partial charge is 0.357 e. The topological polar surface area (TPSA) is 534 Å². The van der Waals surface area contributed by atoms with Gasteiger partial charge < -0.3 is 83.9 Å². The van der Waals surface area contributed by atoms with Crippen LogP contribution in [0.5, 0.6) is 0 Å². The standard InChI is InChI=1S/C72H88N18O17S6/c1-14-28(5)48-63(103)76-30(7)57(97)74-29(6)56(96)75-31(8)58(98)90-72-19-18-40(66-84-44(23-110-66)59(99)81-43(55(73)95)22-108-27(3)4)79-53(72)42-21-111-67(82-42)50(34(11)107-69(105)41-20-37(32(9)91)36-16-17-39(77-48)52(94)51(36)78-41)88-60(100)45-25-112-68(85-45)54(71(13,106)35(12)93)89-62(102)46-24-109-65(83-46)38(15-2)80-64(104)49(33(10)92)87-61(101)47-26-113-70(72)86-47/h15-17,20-21,23-28,30-35,39,43,48-50,52-54,77,91-94,106H,6,14,18-19,22H2,1-5,7-13H3,(H2,73,95)(H,74,97)(H,75,96)(H,76,103)(H,80,104)(H,81,99)(H,87,101)(H,88,100)(H,89,102)(H,90,98)/b38-15-/t28-,30-,31-,32-,33+,34+,35+,39+,43?,48-,49-,50-,52-,53+,54+,71+,72+/m0/s1. The summed E-state index contributed by atoms with van der Waals surface area (Å²) in [6.45, 7) is 21.9. The van der Waals surface area contributed by atoms with Crippen molar-refractivity contribution in [3.63, 3.8) is 0 Å². The molecule has 604 valence electrons. The first-order valence-electron chi connectivity index (χ1n) is 35.9. The number of primary amides is 1. The van der Waals surface area contributed by atoms with Gasteiger partial charge in [-0.15, -0.1) is 56.7 Å². The van der Waals surface area contributed by atoms with E-state index >= 15 is 14.4 Å². The van der Waals surface area contributed by atoms with Crippen LogP contribution < -0.4 is 58.9 Å². The Balaban J connectivity index is 1.18. The number of aliphatic hydroxyl groups excluding tert-OH is 4. The number of hydrogen-bond donors (Lipinski definition) is 16. The average Bonchev–Trinajstić information content (AvgIpc) is 1.69. The maximum atomic E-state index is 15.4. The zero-order chi connectivity index (χ0) is 82.6. The van der Waals surface area contributed by atoms with Crippen LogP contribution in [0.4, 0.5) is 0 Å². The van der Waals surface area contributed by atoms with E-state index in [1.807, 2.05) is 20.8 Å². The Morgan fingerprint density at radius 2 is 1.41 bits per heavy atom. The molecule has 0 radical (unpaired) electrons. The number of thiazole rings is 5. The van der Waals surface area contributed by atoms with Crippen LogP contribution in [0.3, 0.4) is 0 Å². The second-order valence-corrected chi connectivity index (χ2v) is 34.1. The first-order valence-corrected chi connectivity index (χ1v) is 41.3. The van der Waals surface area contributed by atoms with Gasteiger partial charge in [-0.3, -0.25) is 58.3 Å². The van der Waals surface area contributed by atoms with E-state index in [4.69, 9.17) is 25.4 Å². The quantitative estimate of drug-likeness (QED) is 0.0584.